The van der Waals surface area contributed by atoms with Gasteiger partial charge < -0.3 is 10.2 Å². The number of rotatable bonds is 9. The zero-order chi connectivity index (χ0) is 24.9. The third-order valence-electron chi connectivity index (χ3n) is 4.72. The molecular formula is C21H23Cl4N3O4S. The van der Waals surface area contributed by atoms with E-state index in [2.05, 4.69) is 5.32 Å². The Morgan fingerprint density at radius 3 is 2.12 bits per heavy atom. The van der Waals surface area contributed by atoms with Crippen molar-refractivity contribution in [1.29, 1.82) is 0 Å². The van der Waals surface area contributed by atoms with Gasteiger partial charge in [-0.05, 0) is 43.7 Å². The third kappa shape index (κ3) is 7.39. The van der Waals surface area contributed by atoms with Crippen LogP contribution in [0.4, 0.5) is 5.69 Å². The monoisotopic (exact) mass is 553 g/mol. The van der Waals surface area contributed by atoms with E-state index in [-0.39, 0.29) is 33.2 Å². The molecule has 0 aliphatic rings. The molecule has 0 radical (unpaired) electrons. The smallest absolute Gasteiger partial charge is 0.244 e. The molecule has 2 aromatic carbocycles. The second kappa shape index (κ2) is 11.6. The van der Waals surface area contributed by atoms with Gasteiger partial charge in [0.1, 0.15) is 12.6 Å². The van der Waals surface area contributed by atoms with E-state index in [9.17, 15) is 18.0 Å². The quantitative estimate of drug-likeness (QED) is 0.458. The summed E-state index contributed by atoms with van der Waals surface area (Å²) in [4.78, 5) is 27.2. The second-order valence-electron chi connectivity index (χ2n) is 7.21. The molecule has 2 rings (SSSR count). The number of halogens is 4. The minimum absolute atomic E-state index is 0.000905. The molecule has 0 aromatic heterocycles. The lowest BCUT2D eigenvalue weighted by Crippen LogP contribution is -2.51. The zero-order valence-electron chi connectivity index (χ0n) is 18.1. The Bertz CT molecular complexity index is 1130. The molecule has 1 unspecified atom stereocenters. The van der Waals surface area contributed by atoms with Crippen molar-refractivity contribution in [1.82, 2.24) is 10.2 Å². The number of amides is 2. The number of benzene rings is 2. The lowest BCUT2D eigenvalue weighted by atomic mass is 10.1. The van der Waals surface area contributed by atoms with Gasteiger partial charge in [0.2, 0.25) is 21.8 Å². The van der Waals surface area contributed by atoms with E-state index in [4.69, 9.17) is 46.4 Å². The molecule has 0 spiro atoms. The fourth-order valence-electron chi connectivity index (χ4n) is 2.99. The van der Waals surface area contributed by atoms with Gasteiger partial charge in [0, 0.05) is 18.1 Å². The van der Waals surface area contributed by atoms with Gasteiger partial charge in [-0.15, -0.1) is 0 Å². The number of carbonyl (C=O) groups excluding carboxylic acids is 2. The van der Waals surface area contributed by atoms with Crippen LogP contribution in [-0.4, -0.2) is 50.5 Å². The van der Waals surface area contributed by atoms with Crippen molar-refractivity contribution < 1.29 is 18.0 Å². The molecule has 0 bridgehead atoms. The summed E-state index contributed by atoms with van der Waals surface area (Å²) >= 11 is 24.2. The number of nitrogens with one attached hydrogen (secondary N) is 1. The maximum atomic E-state index is 13.4. The maximum Gasteiger partial charge on any atom is 0.244 e. The molecule has 0 saturated heterocycles. The largest absolute Gasteiger partial charge is 0.355 e. The van der Waals surface area contributed by atoms with Crippen LogP contribution in [0.25, 0.3) is 0 Å². The summed E-state index contributed by atoms with van der Waals surface area (Å²) in [6.07, 6.45) is 0.940. The Balaban J connectivity index is 2.44. The molecule has 0 heterocycles. The number of hydrogen-bond donors (Lipinski definition) is 1. The first kappa shape index (κ1) is 27.5. The average molecular weight is 555 g/mol. The van der Waals surface area contributed by atoms with Crippen LogP contribution < -0.4 is 9.62 Å². The normalized spacial score (nSPS) is 12.2. The van der Waals surface area contributed by atoms with Crippen LogP contribution in [-0.2, 0) is 26.2 Å². The van der Waals surface area contributed by atoms with Crippen LogP contribution in [0.5, 0.6) is 0 Å². The number of nitrogens with zero attached hydrogens (tertiary/aromatic N) is 2. The van der Waals surface area contributed by atoms with Crippen molar-refractivity contribution in [3.8, 4) is 0 Å². The van der Waals surface area contributed by atoms with Gasteiger partial charge in [-0.3, -0.25) is 13.9 Å². The highest BCUT2D eigenvalue weighted by Gasteiger charge is 2.31. The molecular weight excluding hydrogens is 532 g/mol. The van der Waals surface area contributed by atoms with Crippen molar-refractivity contribution in [2.75, 3.05) is 23.7 Å². The van der Waals surface area contributed by atoms with Crippen LogP contribution in [0.2, 0.25) is 20.1 Å². The van der Waals surface area contributed by atoms with E-state index in [1.54, 1.807) is 38.1 Å². The van der Waals surface area contributed by atoms with Gasteiger partial charge in [0.15, 0.2) is 0 Å². The molecule has 1 atom stereocenters. The standard InChI is InChI=1S/C21H23Cl4N3O4S/c1-4-26-21(30)13(2)27(11-14-5-7-15(22)8-6-14)20(29)12-28(33(3,31)32)19-10-17(24)16(23)9-18(19)25/h5-10,13H,4,11-12H2,1-3H3,(H,26,30). The molecule has 1 N–H and O–H groups in total. The Morgan fingerprint density at radius 1 is 1.00 bits per heavy atom. The fraction of sp³-hybridized carbons (Fsp3) is 0.333. The summed E-state index contributed by atoms with van der Waals surface area (Å²) in [6, 6.07) is 8.46. The molecule has 180 valence electrons. The molecule has 2 aromatic rings. The lowest BCUT2D eigenvalue weighted by molar-refractivity contribution is -0.139. The van der Waals surface area contributed by atoms with E-state index in [0.717, 1.165) is 10.6 Å². The van der Waals surface area contributed by atoms with Crippen molar-refractivity contribution in [2.45, 2.75) is 26.4 Å². The number of sulfonamides is 1. The highest BCUT2D eigenvalue weighted by Crippen LogP contribution is 2.35. The van der Waals surface area contributed by atoms with Crippen LogP contribution in [0.1, 0.15) is 19.4 Å². The van der Waals surface area contributed by atoms with E-state index >= 15 is 0 Å². The second-order valence-corrected chi connectivity index (χ2v) is 10.8. The van der Waals surface area contributed by atoms with E-state index in [1.807, 2.05) is 0 Å². The van der Waals surface area contributed by atoms with E-state index in [0.29, 0.717) is 17.1 Å². The van der Waals surface area contributed by atoms with E-state index in [1.165, 1.54) is 17.0 Å². The summed E-state index contributed by atoms with van der Waals surface area (Å²) in [6.45, 7) is 3.15. The predicted molar refractivity (Wildman–Crippen MR) is 134 cm³/mol. The van der Waals surface area contributed by atoms with Crippen molar-refractivity contribution in [3.63, 3.8) is 0 Å². The highest BCUT2D eigenvalue weighted by atomic mass is 35.5. The van der Waals surface area contributed by atoms with Gasteiger partial charge in [-0.2, -0.15) is 0 Å². The van der Waals surface area contributed by atoms with Crippen molar-refractivity contribution in [3.05, 3.63) is 62.1 Å². The average Bonchev–Trinajstić information content (AvgIpc) is 2.73. The molecule has 0 fully saturated rings. The summed E-state index contributed by atoms with van der Waals surface area (Å²) in [5, 5.41) is 3.41. The molecule has 12 heteroatoms. The SMILES string of the molecule is CCNC(=O)C(C)N(Cc1ccc(Cl)cc1)C(=O)CN(c1cc(Cl)c(Cl)cc1Cl)S(C)(=O)=O. The van der Waals surface area contributed by atoms with Gasteiger partial charge in [-0.1, -0.05) is 58.5 Å². The lowest BCUT2D eigenvalue weighted by Gasteiger charge is -2.31. The topological polar surface area (TPSA) is 86.8 Å². The summed E-state index contributed by atoms with van der Waals surface area (Å²) in [5.74, 6) is -0.991. The Hall–Kier alpha value is -1.71. The molecule has 0 aliphatic heterocycles. The van der Waals surface area contributed by atoms with Crippen molar-refractivity contribution in [2.24, 2.45) is 0 Å². The van der Waals surface area contributed by atoms with Gasteiger partial charge in [0.25, 0.3) is 0 Å². The number of hydrogen-bond acceptors (Lipinski definition) is 4. The highest BCUT2D eigenvalue weighted by molar-refractivity contribution is 7.92. The minimum atomic E-state index is -3.95. The number of anilines is 1. The summed E-state index contributed by atoms with van der Waals surface area (Å²) in [7, 11) is -3.95. The van der Waals surface area contributed by atoms with Gasteiger partial charge in [-0.25, -0.2) is 8.42 Å². The molecule has 0 aliphatic carbocycles. The van der Waals surface area contributed by atoms with Crippen LogP contribution >= 0.6 is 46.4 Å². The third-order valence-corrected chi connectivity index (χ3v) is 7.13. The Kier molecular flexibility index (Phi) is 9.70. The Labute approximate surface area is 213 Å². The van der Waals surface area contributed by atoms with Crippen LogP contribution in [0, 0.1) is 0 Å². The van der Waals surface area contributed by atoms with Crippen LogP contribution in [0.15, 0.2) is 36.4 Å². The molecule has 7 nitrogen and oxygen atoms in total. The van der Waals surface area contributed by atoms with E-state index < -0.39 is 28.5 Å². The van der Waals surface area contributed by atoms with Crippen LogP contribution in [0.3, 0.4) is 0 Å². The fourth-order valence-corrected chi connectivity index (χ4v) is 4.66. The number of likely N-dealkylation sites (N-methyl/N-ethyl adjacent to an activating group) is 1. The molecule has 2 amide bonds. The summed E-state index contributed by atoms with van der Waals surface area (Å²) in [5.41, 5.74) is 0.710. The molecule has 33 heavy (non-hydrogen) atoms. The first-order chi connectivity index (χ1) is 15.3. The maximum absolute atomic E-state index is 13.4. The van der Waals surface area contributed by atoms with Gasteiger partial charge >= 0.3 is 0 Å². The Morgan fingerprint density at radius 2 is 1.58 bits per heavy atom. The predicted octanol–water partition coefficient (Wildman–Crippen LogP) is 4.62. The molecule has 0 saturated carbocycles. The van der Waals surface area contributed by atoms with Gasteiger partial charge in [0.05, 0.1) is 27.0 Å². The summed E-state index contributed by atoms with van der Waals surface area (Å²) < 4.78 is 26.0. The zero-order valence-corrected chi connectivity index (χ0v) is 22.0. The first-order valence-corrected chi connectivity index (χ1v) is 13.1. The van der Waals surface area contributed by atoms with Crippen molar-refractivity contribution >= 4 is 73.9 Å². The number of carbonyl (C=O) groups is 2. The first-order valence-electron chi connectivity index (χ1n) is 9.79. The minimum Gasteiger partial charge on any atom is -0.355 e.